The smallest absolute Gasteiger partial charge is 0.279 e. The van der Waals surface area contributed by atoms with Crippen LogP contribution in [0.3, 0.4) is 0 Å². The summed E-state index contributed by atoms with van der Waals surface area (Å²) in [5.74, 6) is -0.273. The molecule has 0 radical (unpaired) electrons. The maximum Gasteiger partial charge on any atom is 0.302 e. The fourth-order valence-electron chi connectivity index (χ4n) is 1.99. The van der Waals surface area contributed by atoms with Crippen molar-refractivity contribution >= 4 is 17.8 Å². The highest BCUT2D eigenvalue weighted by Crippen LogP contribution is 2.20. The minimum absolute atomic E-state index is 0.220. The first-order valence-corrected chi connectivity index (χ1v) is 6.20. The van der Waals surface area contributed by atoms with Gasteiger partial charge < -0.3 is 0 Å². The SMILES string of the molecule is O=C1/C(=C\c2ccccc2)N=C(c2ccccc2)N1O. The Balaban J connectivity index is 2.00. The molecule has 0 fully saturated rings. The molecule has 2 aromatic carbocycles. The zero-order valence-electron chi connectivity index (χ0n) is 10.6. The topological polar surface area (TPSA) is 52.9 Å². The summed E-state index contributed by atoms with van der Waals surface area (Å²) in [6.07, 6.45) is 1.65. The predicted octanol–water partition coefficient (Wildman–Crippen LogP) is 2.71. The van der Waals surface area contributed by atoms with Gasteiger partial charge in [-0.05, 0) is 11.6 Å². The van der Waals surface area contributed by atoms with Crippen molar-refractivity contribution in [3.63, 3.8) is 0 Å². The van der Waals surface area contributed by atoms with Crippen molar-refractivity contribution in [2.45, 2.75) is 0 Å². The molecule has 1 amide bonds. The second-order valence-corrected chi connectivity index (χ2v) is 4.36. The summed E-state index contributed by atoms with van der Waals surface area (Å²) in [7, 11) is 0. The highest BCUT2D eigenvalue weighted by Gasteiger charge is 2.29. The quantitative estimate of drug-likeness (QED) is 0.669. The van der Waals surface area contributed by atoms with Crippen LogP contribution in [-0.2, 0) is 4.79 Å². The number of benzene rings is 2. The summed E-state index contributed by atoms with van der Waals surface area (Å²) in [6.45, 7) is 0. The molecule has 1 aliphatic heterocycles. The number of rotatable bonds is 2. The van der Waals surface area contributed by atoms with E-state index in [-0.39, 0.29) is 11.5 Å². The maximum absolute atomic E-state index is 12.0. The van der Waals surface area contributed by atoms with Crippen LogP contribution >= 0.6 is 0 Å². The van der Waals surface area contributed by atoms with Gasteiger partial charge in [0.2, 0.25) is 0 Å². The molecule has 98 valence electrons. The minimum Gasteiger partial charge on any atom is -0.279 e. The standard InChI is InChI=1S/C16H12N2O2/c19-16-14(11-12-7-3-1-4-8-12)17-15(18(16)20)13-9-5-2-6-10-13/h1-11,20H/b14-11+. The second kappa shape index (κ2) is 5.11. The summed E-state index contributed by atoms with van der Waals surface area (Å²) in [5, 5.41) is 10.5. The van der Waals surface area contributed by atoms with Crippen molar-refractivity contribution in [2.24, 2.45) is 4.99 Å². The number of carbonyl (C=O) groups is 1. The van der Waals surface area contributed by atoms with Gasteiger partial charge in [0, 0.05) is 5.56 Å². The Bertz CT molecular complexity index is 691. The zero-order chi connectivity index (χ0) is 13.9. The van der Waals surface area contributed by atoms with E-state index in [0.717, 1.165) is 5.56 Å². The molecular weight excluding hydrogens is 252 g/mol. The fraction of sp³-hybridized carbons (Fsp3) is 0. The van der Waals surface area contributed by atoms with Crippen LogP contribution in [0.5, 0.6) is 0 Å². The van der Waals surface area contributed by atoms with Crippen LogP contribution in [0, 0.1) is 0 Å². The molecule has 0 saturated carbocycles. The van der Waals surface area contributed by atoms with E-state index in [9.17, 15) is 10.0 Å². The summed E-state index contributed by atoms with van der Waals surface area (Å²) in [5.41, 5.74) is 1.78. The first-order valence-electron chi connectivity index (χ1n) is 6.20. The van der Waals surface area contributed by atoms with Crippen LogP contribution in [0.1, 0.15) is 11.1 Å². The maximum atomic E-state index is 12.0. The van der Waals surface area contributed by atoms with Crippen LogP contribution in [0.4, 0.5) is 0 Å². The lowest BCUT2D eigenvalue weighted by molar-refractivity contribution is -0.142. The van der Waals surface area contributed by atoms with Crippen molar-refractivity contribution in [2.75, 3.05) is 0 Å². The van der Waals surface area contributed by atoms with Crippen molar-refractivity contribution in [1.82, 2.24) is 5.06 Å². The number of carbonyl (C=O) groups excluding carboxylic acids is 1. The lowest BCUT2D eigenvalue weighted by atomic mass is 10.2. The van der Waals surface area contributed by atoms with Crippen molar-refractivity contribution in [1.29, 1.82) is 0 Å². The van der Waals surface area contributed by atoms with E-state index in [1.165, 1.54) is 0 Å². The van der Waals surface area contributed by atoms with Crippen molar-refractivity contribution < 1.29 is 10.0 Å². The first kappa shape index (κ1) is 12.3. The monoisotopic (exact) mass is 264 g/mol. The molecule has 3 rings (SSSR count). The average molecular weight is 264 g/mol. The summed E-state index contributed by atoms with van der Waals surface area (Å²) >= 11 is 0. The molecule has 0 aromatic heterocycles. The normalized spacial score (nSPS) is 16.6. The highest BCUT2D eigenvalue weighted by molar-refractivity contribution is 6.18. The third-order valence-electron chi connectivity index (χ3n) is 2.97. The fourth-order valence-corrected chi connectivity index (χ4v) is 1.99. The number of amidine groups is 1. The molecule has 1 heterocycles. The second-order valence-electron chi connectivity index (χ2n) is 4.36. The molecule has 1 N–H and O–H groups in total. The molecule has 0 spiro atoms. The number of hydrogen-bond acceptors (Lipinski definition) is 3. The lowest BCUT2D eigenvalue weighted by Crippen LogP contribution is -2.28. The van der Waals surface area contributed by atoms with E-state index in [0.29, 0.717) is 10.6 Å². The van der Waals surface area contributed by atoms with Gasteiger partial charge in [-0.2, -0.15) is 5.06 Å². The summed E-state index contributed by atoms with van der Waals surface area (Å²) in [6, 6.07) is 18.5. The van der Waals surface area contributed by atoms with E-state index in [1.807, 2.05) is 48.5 Å². The van der Waals surface area contributed by atoms with Crippen molar-refractivity contribution in [3.8, 4) is 0 Å². The molecule has 0 unspecified atom stereocenters. The number of amides is 1. The van der Waals surface area contributed by atoms with E-state index in [2.05, 4.69) is 4.99 Å². The Morgan fingerprint density at radius 1 is 0.950 bits per heavy atom. The molecule has 0 saturated heterocycles. The Hall–Kier alpha value is -2.72. The van der Waals surface area contributed by atoms with Crippen LogP contribution in [0.2, 0.25) is 0 Å². The van der Waals surface area contributed by atoms with E-state index in [1.54, 1.807) is 18.2 Å². The van der Waals surface area contributed by atoms with Crippen LogP contribution in [0.25, 0.3) is 6.08 Å². The van der Waals surface area contributed by atoms with Crippen LogP contribution in [-0.4, -0.2) is 22.0 Å². The number of hydrogen-bond donors (Lipinski definition) is 1. The largest absolute Gasteiger partial charge is 0.302 e. The first-order chi connectivity index (χ1) is 9.75. The molecule has 20 heavy (non-hydrogen) atoms. The number of aliphatic imine (C=N–C) groups is 1. The molecule has 0 aliphatic carbocycles. The highest BCUT2D eigenvalue weighted by atomic mass is 16.5. The lowest BCUT2D eigenvalue weighted by Gasteiger charge is -2.08. The van der Waals surface area contributed by atoms with E-state index >= 15 is 0 Å². The Kier molecular flexibility index (Phi) is 3.15. The molecule has 2 aromatic rings. The van der Waals surface area contributed by atoms with Gasteiger partial charge in [-0.25, -0.2) is 4.99 Å². The Morgan fingerprint density at radius 2 is 1.55 bits per heavy atom. The van der Waals surface area contributed by atoms with Gasteiger partial charge in [-0.3, -0.25) is 10.0 Å². The molecule has 0 atom stereocenters. The zero-order valence-corrected chi connectivity index (χ0v) is 10.6. The van der Waals surface area contributed by atoms with Crippen molar-refractivity contribution in [3.05, 3.63) is 77.5 Å². The summed E-state index contributed by atoms with van der Waals surface area (Å²) in [4.78, 5) is 16.2. The van der Waals surface area contributed by atoms with Gasteiger partial charge in [0.15, 0.2) is 5.84 Å². The van der Waals surface area contributed by atoms with Gasteiger partial charge in [0.05, 0.1) is 0 Å². The van der Waals surface area contributed by atoms with Gasteiger partial charge in [-0.1, -0.05) is 60.7 Å². The van der Waals surface area contributed by atoms with Crippen LogP contribution < -0.4 is 0 Å². The molecular formula is C16H12N2O2. The van der Waals surface area contributed by atoms with E-state index in [4.69, 9.17) is 0 Å². The Morgan fingerprint density at radius 3 is 2.20 bits per heavy atom. The van der Waals surface area contributed by atoms with Gasteiger partial charge in [-0.15, -0.1) is 0 Å². The third kappa shape index (κ3) is 2.24. The summed E-state index contributed by atoms with van der Waals surface area (Å²) < 4.78 is 0. The molecule has 1 aliphatic rings. The molecule has 4 heteroatoms. The van der Waals surface area contributed by atoms with E-state index < -0.39 is 5.91 Å². The van der Waals surface area contributed by atoms with Gasteiger partial charge in [0.1, 0.15) is 5.70 Å². The predicted molar refractivity (Wildman–Crippen MR) is 76.0 cm³/mol. The van der Waals surface area contributed by atoms with Gasteiger partial charge >= 0.3 is 5.91 Å². The Labute approximate surface area is 116 Å². The molecule has 4 nitrogen and oxygen atoms in total. The number of nitrogens with zero attached hydrogens (tertiary/aromatic N) is 2. The number of hydroxylamine groups is 2. The third-order valence-corrected chi connectivity index (χ3v) is 2.97. The van der Waals surface area contributed by atoms with Gasteiger partial charge in [0.25, 0.3) is 0 Å². The minimum atomic E-state index is -0.521. The van der Waals surface area contributed by atoms with Crippen LogP contribution in [0.15, 0.2) is 71.4 Å². The molecule has 0 bridgehead atoms. The average Bonchev–Trinajstić information content (AvgIpc) is 2.78.